The van der Waals surface area contributed by atoms with E-state index in [1.165, 1.54) is 12.8 Å². The molecule has 2 rings (SSSR count). The van der Waals surface area contributed by atoms with Crippen molar-refractivity contribution in [1.29, 1.82) is 0 Å². The van der Waals surface area contributed by atoms with Crippen molar-refractivity contribution < 1.29 is 9.26 Å². The van der Waals surface area contributed by atoms with E-state index in [0.717, 1.165) is 25.2 Å². The summed E-state index contributed by atoms with van der Waals surface area (Å²) in [6.07, 6.45) is 5.98. The number of hydrogen-bond acceptors (Lipinski definition) is 5. The van der Waals surface area contributed by atoms with Crippen LogP contribution in [0.3, 0.4) is 0 Å². The lowest BCUT2D eigenvalue weighted by Crippen LogP contribution is -2.23. The molecular formula is C14H25N3O2. The normalized spacial score (nSPS) is 20.1. The Hall–Kier alpha value is -0.940. The Morgan fingerprint density at radius 3 is 2.63 bits per heavy atom. The molecule has 1 fully saturated rings. The monoisotopic (exact) mass is 267 g/mol. The van der Waals surface area contributed by atoms with Crippen LogP contribution in [0.15, 0.2) is 4.52 Å². The molecule has 1 aromatic heterocycles. The fourth-order valence-electron chi connectivity index (χ4n) is 2.74. The molecule has 1 saturated carbocycles. The Balaban J connectivity index is 2.05. The molecule has 0 aromatic carbocycles. The van der Waals surface area contributed by atoms with Crippen LogP contribution < -0.4 is 5.73 Å². The lowest BCUT2D eigenvalue weighted by Gasteiger charge is -2.21. The van der Waals surface area contributed by atoms with Crippen LogP contribution in [0.2, 0.25) is 0 Å². The second kappa shape index (κ2) is 6.01. The summed E-state index contributed by atoms with van der Waals surface area (Å²) in [5.41, 5.74) is 6.12. The van der Waals surface area contributed by atoms with E-state index < -0.39 is 0 Å². The summed E-state index contributed by atoms with van der Waals surface area (Å²) in [4.78, 5) is 4.53. The van der Waals surface area contributed by atoms with Gasteiger partial charge < -0.3 is 15.0 Å². The fraction of sp³-hybridized carbons (Fsp3) is 0.857. The van der Waals surface area contributed by atoms with Gasteiger partial charge in [0.05, 0.1) is 18.8 Å². The molecule has 0 radical (unpaired) electrons. The van der Waals surface area contributed by atoms with Crippen molar-refractivity contribution in [1.82, 2.24) is 10.1 Å². The summed E-state index contributed by atoms with van der Waals surface area (Å²) in [7, 11) is 0. The average Bonchev–Trinajstić information content (AvgIpc) is 3.04. The van der Waals surface area contributed by atoms with Crippen molar-refractivity contribution in [2.24, 2.45) is 5.73 Å². The molecule has 1 aliphatic carbocycles. The number of rotatable bonds is 6. The third kappa shape index (κ3) is 3.15. The van der Waals surface area contributed by atoms with Gasteiger partial charge in [0, 0.05) is 5.41 Å². The molecule has 1 aromatic rings. The van der Waals surface area contributed by atoms with E-state index in [2.05, 4.69) is 17.1 Å². The number of ether oxygens (including phenoxy) is 1. The van der Waals surface area contributed by atoms with Crippen LogP contribution in [0.5, 0.6) is 0 Å². The molecule has 5 nitrogen and oxygen atoms in total. The van der Waals surface area contributed by atoms with Gasteiger partial charge >= 0.3 is 0 Å². The Morgan fingerprint density at radius 2 is 2.05 bits per heavy atom. The highest BCUT2D eigenvalue weighted by atomic mass is 16.5. The molecule has 1 atom stereocenters. The van der Waals surface area contributed by atoms with E-state index in [1.54, 1.807) is 0 Å². The Morgan fingerprint density at radius 1 is 1.37 bits per heavy atom. The maximum Gasteiger partial charge on any atom is 0.232 e. The molecule has 2 N–H and O–H groups in total. The zero-order valence-corrected chi connectivity index (χ0v) is 12.2. The van der Waals surface area contributed by atoms with E-state index in [-0.39, 0.29) is 17.6 Å². The minimum Gasteiger partial charge on any atom is -0.377 e. The lowest BCUT2D eigenvalue weighted by atomic mass is 9.83. The maximum atomic E-state index is 6.03. The summed E-state index contributed by atoms with van der Waals surface area (Å²) in [6.45, 7) is 6.59. The minimum atomic E-state index is -0.310. The van der Waals surface area contributed by atoms with Crippen LogP contribution >= 0.6 is 0 Å². The van der Waals surface area contributed by atoms with Crippen LogP contribution in [0, 0.1) is 0 Å². The van der Waals surface area contributed by atoms with Crippen molar-refractivity contribution in [3.8, 4) is 0 Å². The molecule has 108 valence electrons. The number of nitrogens with two attached hydrogens (primary N) is 1. The molecule has 0 spiro atoms. The van der Waals surface area contributed by atoms with Crippen molar-refractivity contribution >= 4 is 0 Å². The average molecular weight is 267 g/mol. The largest absolute Gasteiger partial charge is 0.377 e. The van der Waals surface area contributed by atoms with Crippen molar-refractivity contribution in [3.63, 3.8) is 0 Å². The van der Waals surface area contributed by atoms with Gasteiger partial charge in [-0.2, -0.15) is 4.98 Å². The van der Waals surface area contributed by atoms with Crippen molar-refractivity contribution in [2.45, 2.75) is 70.4 Å². The van der Waals surface area contributed by atoms with Gasteiger partial charge in [-0.3, -0.25) is 0 Å². The van der Waals surface area contributed by atoms with E-state index in [0.29, 0.717) is 12.4 Å². The summed E-state index contributed by atoms with van der Waals surface area (Å²) < 4.78 is 11.0. The van der Waals surface area contributed by atoms with Gasteiger partial charge in [0.1, 0.15) is 0 Å². The van der Waals surface area contributed by atoms with Gasteiger partial charge in [-0.25, -0.2) is 0 Å². The second-order valence-corrected chi connectivity index (χ2v) is 5.79. The van der Waals surface area contributed by atoms with E-state index in [9.17, 15) is 0 Å². The third-order valence-electron chi connectivity index (χ3n) is 4.07. The SMILES string of the molecule is CCC1(c2nc(C(N)COC(C)C)no2)CCCC1. The van der Waals surface area contributed by atoms with Crippen LogP contribution in [-0.2, 0) is 10.2 Å². The Bertz CT molecular complexity index is 397. The molecule has 0 amide bonds. The topological polar surface area (TPSA) is 74.2 Å². The predicted molar refractivity (Wildman–Crippen MR) is 72.8 cm³/mol. The first-order valence-electron chi connectivity index (χ1n) is 7.28. The zero-order valence-electron chi connectivity index (χ0n) is 12.2. The molecular weight excluding hydrogens is 242 g/mol. The third-order valence-corrected chi connectivity index (χ3v) is 4.07. The summed E-state index contributed by atoms with van der Waals surface area (Å²) >= 11 is 0. The molecule has 1 aliphatic rings. The smallest absolute Gasteiger partial charge is 0.232 e. The van der Waals surface area contributed by atoms with E-state index in [1.807, 2.05) is 13.8 Å². The number of nitrogens with zero attached hydrogens (tertiary/aromatic N) is 2. The van der Waals surface area contributed by atoms with Gasteiger partial charge in [-0.15, -0.1) is 0 Å². The molecule has 5 heteroatoms. The summed E-state index contributed by atoms with van der Waals surface area (Å²) in [6, 6.07) is -0.310. The quantitative estimate of drug-likeness (QED) is 0.857. The lowest BCUT2D eigenvalue weighted by molar-refractivity contribution is 0.0665. The van der Waals surface area contributed by atoms with Crippen LogP contribution in [0.25, 0.3) is 0 Å². The zero-order chi connectivity index (χ0) is 13.9. The highest BCUT2D eigenvalue weighted by molar-refractivity contribution is 5.08. The van der Waals surface area contributed by atoms with Crippen LogP contribution in [-0.4, -0.2) is 22.9 Å². The first-order valence-corrected chi connectivity index (χ1v) is 7.28. The van der Waals surface area contributed by atoms with Gasteiger partial charge in [0.2, 0.25) is 5.89 Å². The predicted octanol–water partition coefficient (Wildman–Crippen LogP) is 2.72. The highest BCUT2D eigenvalue weighted by Gasteiger charge is 2.39. The molecule has 0 bridgehead atoms. The molecule has 0 saturated heterocycles. The Kier molecular flexibility index (Phi) is 4.58. The maximum absolute atomic E-state index is 6.03. The van der Waals surface area contributed by atoms with Crippen molar-refractivity contribution in [2.75, 3.05) is 6.61 Å². The standard InChI is InChI=1S/C14H25N3O2/c1-4-14(7-5-6-8-14)13-16-12(17-19-13)11(15)9-18-10(2)3/h10-11H,4-9,15H2,1-3H3. The summed E-state index contributed by atoms with van der Waals surface area (Å²) in [5.74, 6) is 1.33. The molecule has 1 unspecified atom stereocenters. The molecule has 19 heavy (non-hydrogen) atoms. The Labute approximate surface area is 114 Å². The van der Waals surface area contributed by atoms with E-state index >= 15 is 0 Å². The molecule has 0 aliphatic heterocycles. The van der Waals surface area contributed by atoms with Gasteiger partial charge in [-0.1, -0.05) is 24.9 Å². The first kappa shape index (κ1) is 14.5. The molecule has 1 heterocycles. The van der Waals surface area contributed by atoms with Gasteiger partial charge in [0.15, 0.2) is 5.82 Å². The first-order chi connectivity index (χ1) is 9.07. The van der Waals surface area contributed by atoms with Crippen LogP contribution in [0.4, 0.5) is 0 Å². The highest BCUT2D eigenvalue weighted by Crippen LogP contribution is 2.42. The fourth-order valence-corrected chi connectivity index (χ4v) is 2.74. The van der Waals surface area contributed by atoms with Gasteiger partial charge in [-0.05, 0) is 33.1 Å². The minimum absolute atomic E-state index is 0.0872. The second-order valence-electron chi connectivity index (χ2n) is 5.79. The van der Waals surface area contributed by atoms with Crippen LogP contribution in [0.1, 0.15) is 70.6 Å². The van der Waals surface area contributed by atoms with Crippen molar-refractivity contribution in [3.05, 3.63) is 11.7 Å². The van der Waals surface area contributed by atoms with E-state index in [4.69, 9.17) is 15.0 Å². The van der Waals surface area contributed by atoms with Gasteiger partial charge in [0.25, 0.3) is 0 Å². The number of hydrogen-bond donors (Lipinski definition) is 1. The summed E-state index contributed by atoms with van der Waals surface area (Å²) in [5, 5.41) is 4.04. The number of aromatic nitrogens is 2.